The zero-order chi connectivity index (χ0) is 12.0. The second-order valence-corrected chi connectivity index (χ2v) is 3.23. The van der Waals surface area contributed by atoms with Crippen molar-refractivity contribution in [2.24, 2.45) is 0 Å². The van der Waals surface area contributed by atoms with Crippen molar-refractivity contribution in [1.29, 1.82) is 0 Å². The predicted octanol–water partition coefficient (Wildman–Crippen LogP) is 2.35. The van der Waals surface area contributed by atoms with Crippen molar-refractivity contribution in [1.82, 2.24) is 0 Å². The Kier molecular flexibility index (Phi) is 4.51. The zero-order valence-corrected chi connectivity index (χ0v) is 9.45. The van der Waals surface area contributed by atoms with Crippen molar-refractivity contribution < 1.29 is 14.3 Å². The van der Waals surface area contributed by atoms with Crippen molar-refractivity contribution in [3.05, 3.63) is 24.3 Å². The van der Waals surface area contributed by atoms with E-state index in [9.17, 15) is 9.59 Å². The van der Waals surface area contributed by atoms with Crippen LogP contribution in [0.1, 0.15) is 26.7 Å². The summed E-state index contributed by atoms with van der Waals surface area (Å²) >= 11 is 0. The van der Waals surface area contributed by atoms with Gasteiger partial charge in [-0.1, -0.05) is 26.0 Å². The Hall–Kier alpha value is -1.84. The third kappa shape index (κ3) is 3.38. The number of carbonyl (C=O) groups is 2. The maximum Gasteiger partial charge on any atom is 0.310 e. The molecule has 0 unspecified atom stereocenters. The number of benzene rings is 1. The number of hydrogen-bond acceptors (Lipinski definition) is 3. The molecule has 1 amide bonds. The fourth-order valence-corrected chi connectivity index (χ4v) is 1.09. The average Bonchev–Trinajstić information content (AvgIpc) is 2.31. The molecule has 0 saturated heterocycles. The molecule has 0 aromatic heterocycles. The summed E-state index contributed by atoms with van der Waals surface area (Å²) in [6, 6.07) is 6.87. The summed E-state index contributed by atoms with van der Waals surface area (Å²) in [4.78, 5) is 22.4. The number of nitrogens with one attached hydrogen (secondary N) is 1. The number of para-hydroxylation sites is 2. The molecule has 0 aliphatic rings. The Bertz CT molecular complexity index is 351. The van der Waals surface area contributed by atoms with E-state index in [1.807, 2.05) is 0 Å². The van der Waals surface area contributed by atoms with Crippen LogP contribution in [0.5, 0.6) is 5.75 Å². The molecule has 0 radical (unpaired) electrons. The Morgan fingerprint density at radius 2 is 1.88 bits per heavy atom. The van der Waals surface area contributed by atoms with Crippen LogP contribution in [0, 0.1) is 0 Å². The normalized spacial score (nSPS) is 9.62. The molecule has 0 fully saturated rings. The number of carbonyl (C=O) groups excluding carboxylic acids is 2. The van der Waals surface area contributed by atoms with Gasteiger partial charge in [0.2, 0.25) is 5.91 Å². The van der Waals surface area contributed by atoms with Gasteiger partial charge in [0.15, 0.2) is 5.75 Å². The highest BCUT2D eigenvalue weighted by molar-refractivity contribution is 5.92. The van der Waals surface area contributed by atoms with Gasteiger partial charge in [-0.15, -0.1) is 0 Å². The van der Waals surface area contributed by atoms with E-state index in [0.717, 1.165) is 0 Å². The van der Waals surface area contributed by atoms with Crippen LogP contribution in [0.3, 0.4) is 0 Å². The van der Waals surface area contributed by atoms with E-state index in [-0.39, 0.29) is 11.9 Å². The molecule has 16 heavy (non-hydrogen) atoms. The van der Waals surface area contributed by atoms with E-state index in [1.165, 1.54) is 0 Å². The number of amides is 1. The number of rotatable bonds is 4. The molecule has 0 atom stereocenters. The molecular formula is C12H15NO3. The highest BCUT2D eigenvalue weighted by Gasteiger charge is 2.08. The van der Waals surface area contributed by atoms with Crippen LogP contribution in [0.15, 0.2) is 24.3 Å². The minimum Gasteiger partial charge on any atom is -0.424 e. The van der Waals surface area contributed by atoms with Crippen molar-refractivity contribution >= 4 is 17.6 Å². The second-order valence-electron chi connectivity index (χ2n) is 3.23. The number of hydrogen-bond donors (Lipinski definition) is 1. The summed E-state index contributed by atoms with van der Waals surface area (Å²) in [5.41, 5.74) is 0.524. The standard InChI is InChI=1S/C12H15NO3/c1-3-11(14)13-9-7-5-6-8-10(9)16-12(15)4-2/h5-8H,3-4H2,1-2H3,(H,13,14). The Balaban J connectivity index is 2.83. The summed E-state index contributed by atoms with van der Waals surface area (Å²) < 4.78 is 5.09. The van der Waals surface area contributed by atoms with Crippen molar-refractivity contribution in [2.45, 2.75) is 26.7 Å². The minimum atomic E-state index is -0.321. The third-order valence-electron chi connectivity index (χ3n) is 1.99. The lowest BCUT2D eigenvalue weighted by Gasteiger charge is -2.09. The van der Waals surface area contributed by atoms with Crippen LogP contribution in [-0.2, 0) is 9.59 Å². The smallest absolute Gasteiger partial charge is 0.310 e. The van der Waals surface area contributed by atoms with E-state index >= 15 is 0 Å². The molecule has 0 aliphatic heterocycles. The van der Waals surface area contributed by atoms with E-state index < -0.39 is 0 Å². The Morgan fingerprint density at radius 3 is 2.50 bits per heavy atom. The van der Waals surface area contributed by atoms with Gasteiger partial charge in [-0.05, 0) is 12.1 Å². The SMILES string of the molecule is CCC(=O)Nc1ccccc1OC(=O)CC. The van der Waals surface area contributed by atoms with E-state index in [1.54, 1.807) is 38.1 Å². The lowest BCUT2D eigenvalue weighted by Crippen LogP contribution is -2.12. The molecule has 0 bridgehead atoms. The van der Waals surface area contributed by atoms with Gasteiger partial charge in [-0.3, -0.25) is 9.59 Å². The molecule has 1 aromatic carbocycles. The summed E-state index contributed by atoms with van der Waals surface area (Å²) in [6.07, 6.45) is 0.687. The van der Waals surface area contributed by atoms with Crippen molar-refractivity contribution in [3.63, 3.8) is 0 Å². The molecule has 86 valence electrons. The lowest BCUT2D eigenvalue weighted by molar-refractivity contribution is -0.134. The van der Waals surface area contributed by atoms with Crippen LogP contribution in [-0.4, -0.2) is 11.9 Å². The van der Waals surface area contributed by atoms with Crippen LogP contribution >= 0.6 is 0 Å². The first-order valence-electron chi connectivity index (χ1n) is 5.27. The number of esters is 1. The lowest BCUT2D eigenvalue weighted by atomic mass is 10.3. The molecule has 0 saturated carbocycles. The van der Waals surface area contributed by atoms with Gasteiger partial charge >= 0.3 is 5.97 Å². The number of ether oxygens (including phenoxy) is 1. The average molecular weight is 221 g/mol. The predicted molar refractivity (Wildman–Crippen MR) is 61.3 cm³/mol. The first-order valence-corrected chi connectivity index (χ1v) is 5.27. The topological polar surface area (TPSA) is 55.4 Å². The van der Waals surface area contributed by atoms with E-state index in [4.69, 9.17) is 4.74 Å². The van der Waals surface area contributed by atoms with Gasteiger partial charge in [-0.2, -0.15) is 0 Å². The van der Waals surface area contributed by atoms with Gasteiger partial charge in [0.25, 0.3) is 0 Å². The van der Waals surface area contributed by atoms with E-state index in [2.05, 4.69) is 5.32 Å². The second kappa shape index (κ2) is 5.90. The Morgan fingerprint density at radius 1 is 1.19 bits per heavy atom. The maximum absolute atomic E-state index is 11.2. The van der Waals surface area contributed by atoms with Crippen LogP contribution in [0.25, 0.3) is 0 Å². The quantitative estimate of drug-likeness (QED) is 0.627. The zero-order valence-electron chi connectivity index (χ0n) is 9.45. The fourth-order valence-electron chi connectivity index (χ4n) is 1.09. The van der Waals surface area contributed by atoms with Crippen LogP contribution < -0.4 is 10.1 Å². The largest absolute Gasteiger partial charge is 0.424 e. The molecule has 4 heteroatoms. The summed E-state index contributed by atoms with van der Waals surface area (Å²) in [7, 11) is 0. The molecule has 0 spiro atoms. The molecule has 0 heterocycles. The van der Waals surface area contributed by atoms with Gasteiger partial charge in [0, 0.05) is 12.8 Å². The van der Waals surface area contributed by atoms with Gasteiger partial charge in [0.05, 0.1) is 5.69 Å². The molecule has 1 rings (SSSR count). The van der Waals surface area contributed by atoms with Crippen molar-refractivity contribution in [3.8, 4) is 5.75 Å². The van der Waals surface area contributed by atoms with Gasteiger partial charge in [0.1, 0.15) is 0 Å². The highest BCUT2D eigenvalue weighted by atomic mass is 16.5. The first kappa shape index (κ1) is 12.2. The van der Waals surface area contributed by atoms with Crippen LogP contribution in [0.4, 0.5) is 5.69 Å². The highest BCUT2D eigenvalue weighted by Crippen LogP contribution is 2.24. The number of anilines is 1. The van der Waals surface area contributed by atoms with Gasteiger partial charge in [-0.25, -0.2) is 0 Å². The first-order chi connectivity index (χ1) is 7.67. The summed E-state index contributed by atoms with van der Waals surface area (Å²) in [6.45, 7) is 3.48. The van der Waals surface area contributed by atoms with E-state index in [0.29, 0.717) is 24.3 Å². The monoisotopic (exact) mass is 221 g/mol. The summed E-state index contributed by atoms with van der Waals surface area (Å²) in [5, 5.41) is 2.67. The molecule has 0 aliphatic carbocycles. The summed E-state index contributed by atoms with van der Waals surface area (Å²) in [5.74, 6) is -0.0469. The molecule has 1 N–H and O–H groups in total. The molecular weight excluding hydrogens is 206 g/mol. The minimum absolute atomic E-state index is 0.111. The third-order valence-corrected chi connectivity index (χ3v) is 1.99. The maximum atomic E-state index is 11.2. The van der Waals surface area contributed by atoms with Gasteiger partial charge < -0.3 is 10.1 Å². The van der Waals surface area contributed by atoms with Crippen LogP contribution in [0.2, 0.25) is 0 Å². The fraction of sp³-hybridized carbons (Fsp3) is 0.333. The van der Waals surface area contributed by atoms with Crippen molar-refractivity contribution in [2.75, 3.05) is 5.32 Å². The molecule has 1 aromatic rings. The molecule has 4 nitrogen and oxygen atoms in total. The Labute approximate surface area is 94.6 Å².